The smallest absolute Gasteiger partial charge is 0.271 e. The maximum absolute atomic E-state index is 14.8. The van der Waals surface area contributed by atoms with Crippen LogP contribution in [0.1, 0.15) is 51.6 Å². The van der Waals surface area contributed by atoms with Gasteiger partial charge >= 0.3 is 0 Å². The second kappa shape index (κ2) is 9.17. The first-order chi connectivity index (χ1) is 17.2. The van der Waals surface area contributed by atoms with E-state index in [-0.39, 0.29) is 30.4 Å². The molecule has 1 aliphatic carbocycles. The van der Waals surface area contributed by atoms with Gasteiger partial charge in [-0.25, -0.2) is 18.7 Å². The molecule has 36 heavy (non-hydrogen) atoms. The maximum Gasteiger partial charge on any atom is 0.271 e. The lowest BCUT2D eigenvalue weighted by Crippen LogP contribution is -2.59. The van der Waals surface area contributed by atoms with Gasteiger partial charge in [0.25, 0.3) is 17.7 Å². The van der Waals surface area contributed by atoms with Crippen LogP contribution in [0.3, 0.4) is 0 Å². The quantitative estimate of drug-likeness (QED) is 0.458. The summed E-state index contributed by atoms with van der Waals surface area (Å²) >= 11 is 0. The number of benzene rings is 1. The zero-order valence-corrected chi connectivity index (χ0v) is 19.6. The number of rotatable bonds is 7. The van der Waals surface area contributed by atoms with Crippen molar-refractivity contribution in [2.75, 3.05) is 23.3 Å². The normalized spacial score (nSPS) is 19.1. The lowest BCUT2D eigenvalue weighted by Gasteiger charge is -2.39. The Morgan fingerprint density at radius 1 is 1.17 bits per heavy atom. The van der Waals surface area contributed by atoms with Crippen LogP contribution in [0.15, 0.2) is 42.9 Å². The van der Waals surface area contributed by atoms with Crippen LogP contribution < -0.4 is 21.3 Å². The van der Waals surface area contributed by atoms with Crippen molar-refractivity contribution in [1.82, 2.24) is 25.1 Å². The standard InChI is InChI=1S/C24H26F2N8O2/c1-33-12-17(10-29-33)30-22-20(21(27)35)28-11-19(32-22)34-9-8-24(25,26)18(13-34)31-23(36)16-6-4-15(5-7-16)14-2-3-14/h4-7,10-12,14,18H,2-3,8-9,13H2,1H3,(H2,27,35)(H,30,32)(H,31,36)/t18-/m1/s1. The number of aromatic nitrogens is 4. The van der Waals surface area contributed by atoms with Crippen LogP contribution >= 0.6 is 0 Å². The molecule has 1 saturated heterocycles. The second-order valence-corrected chi connectivity index (χ2v) is 9.20. The fraction of sp³-hybridized carbons (Fsp3) is 0.375. The summed E-state index contributed by atoms with van der Waals surface area (Å²) in [5.74, 6) is -3.55. The van der Waals surface area contributed by atoms with Crippen LogP contribution in [0.4, 0.5) is 26.1 Å². The molecule has 3 heterocycles. The molecule has 0 spiro atoms. The average Bonchev–Trinajstić information content (AvgIpc) is 3.62. The molecule has 188 valence electrons. The highest BCUT2D eigenvalue weighted by atomic mass is 19.3. The van der Waals surface area contributed by atoms with Gasteiger partial charge in [-0.1, -0.05) is 12.1 Å². The molecule has 12 heteroatoms. The fourth-order valence-corrected chi connectivity index (χ4v) is 4.25. The van der Waals surface area contributed by atoms with E-state index in [1.165, 1.54) is 12.4 Å². The highest BCUT2D eigenvalue weighted by Gasteiger charge is 2.45. The van der Waals surface area contributed by atoms with E-state index in [1.54, 1.807) is 35.0 Å². The van der Waals surface area contributed by atoms with Gasteiger partial charge in [0.15, 0.2) is 11.5 Å². The molecule has 10 nitrogen and oxygen atoms in total. The van der Waals surface area contributed by atoms with Crippen molar-refractivity contribution in [2.45, 2.75) is 37.1 Å². The molecule has 0 unspecified atom stereocenters. The molecule has 3 aromatic rings. The van der Waals surface area contributed by atoms with E-state index < -0.39 is 30.2 Å². The third kappa shape index (κ3) is 4.97. The number of nitrogens with one attached hydrogen (secondary N) is 2. The molecule has 2 amide bonds. The van der Waals surface area contributed by atoms with Gasteiger partial charge in [-0.05, 0) is 36.5 Å². The van der Waals surface area contributed by atoms with Gasteiger partial charge < -0.3 is 21.3 Å². The number of alkyl halides is 2. The number of nitrogens with zero attached hydrogens (tertiary/aromatic N) is 5. The number of halogens is 2. The molecule has 1 saturated carbocycles. The van der Waals surface area contributed by atoms with E-state index in [4.69, 9.17) is 5.73 Å². The van der Waals surface area contributed by atoms with Gasteiger partial charge in [0.05, 0.1) is 18.1 Å². The van der Waals surface area contributed by atoms with E-state index in [0.29, 0.717) is 17.2 Å². The Labute approximate surface area is 205 Å². The average molecular weight is 497 g/mol. The van der Waals surface area contributed by atoms with Crippen LogP contribution in [-0.4, -0.2) is 56.6 Å². The number of nitrogens with two attached hydrogens (primary N) is 1. The van der Waals surface area contributed by atoms with E-state index in [2.05, 4.69) is 25.7 Å². The predicted octanol–water partition coefficient (Wildman–Crippen LogP) is 2.57. The van der Waals surface area contributed by atoms with E-state index in [0.717, 1.165) is 18.4 Å². The molecule has 0 radical (unpaired) electrons. The van der Waals surface area contributed by atoms with Crippen molar-refractivity contribution in [1.29, 1.82) is 0 Å². The minimum absolute atomic E-state index is 0.00755. The van der Waals surface area contributed by atoms with Crippen molar-refractivity contribution in [3.05, 3.63) is 59.7 Å². The molecule has 1 aliphatic heterocycles. The number of anilines is 3. The van der Waals surface area contributed by atoms with Crippen molar-refractivity contribution in [2.24, 2.45) is 12.8 Å². The lowest BCUT2D eigenvalue weighted by molar-refractivity contribution is -0.0489. The molecule has 0 bridgehead atoms. The highest BCUT2D eigenvalue weighted by molar-refractivity contribution is 5.96. The lowest BCUT2D eigenvalue weighted by atomic mass is 10.00. The van der Waals surface area contributed by atoms with Crippen LogP contribution in [0.25, 0.3) is 0 Å². The summed E-state index contributed by atoms with van der Waals surface area (Å²) in [5, 5.41) is 9.50. The van der Waals surface area contributed by atoms with Crippen molar-refractivity contribution < 1.29 is 18.4 Å². The Morgan fingerprint density at radius 2 is 1.92 bits per heavy atom. The Bertz CT molecular complexity index is 1290. The molecule has 1 atom stereocenters. The number of primary amides is 1. The molecule has 2 aliphatic rings. The van der Waals surface area contributed by atoms with E-state index in [9.17, 15) is 18.4 Å². The number of hydrogen-bond acceptors (Lipinski definition) is 7. The summed E-state index contributed by atoms with van der Waals surface area (Å²) < 4.78 is 31.1. The van der Waals surface area contributed by atoms with Crippen molar-refractivity contribution >= 4 is 29.1 Å². The maximum atomic E-state index is 14.8. The number of carbonyl (C=O) groups excluding carboxylic acids is 2. The predicted molar refractivity (Wildman–Crippen MR) is 128 cm³/mol. The Balaban J connectivity index is 1.34. The minimum Gasteiger partial charge on any atom is -0.364 e. The molecular formula is C24H26F2N8O2. The van der Waals surface area contributed by atoms with Crippen molar-refractivity contribution in [3.8, 4) is 0 Å². The van der Waals surface area contributed by atoms with Crippen LogP contribution in [0.5, 0.6) is 0 Å². The van der Waals surface area contributed by atoms with Gasteiger partial charge in [0, 0.05) is 38.3 Å². The third-order valence-corrected chi connectivity index (χ3v) is 6.44. The molecule has 5 rings (SSSR count). The summed E-state index contributed by atoms with van der Waals surface area (Å²) in [6, 6.07) is 5.67. The molecule has 1 aromatic carbocycles. The number of carbonyl (C=O) groups is 2. The van der Waals surface area contributed by atoms with Crippen molar-refractivity contribution in [3.63, 3.8) is 0 Å². The highest BCUT2D eigenvalue weighted by Crippen LogP contribution is 2.40. The van der Waals surface area contributed by atoms with Gasteiger partial charge in [0.2, 0.25) is 0 Å². The number of hydrogen-bond donors (Lipinski definition) is 3. The second-order valence-electron chi connectivity index (χ2n) is 9.20. The monoisotopic (exact) mass is 496 g/mol. The van der Waals surface area contributed by atoms with Gasteiger partial charge in [0.1, 0.15) is 11.9 Å². The summed E-state index contributed by atoms with van der Waals surface area (Å²) in [5.41, 5.74) is 7.39. The first-order valence-corrected chi connectivity index (χ1v) is 11.7. The number of amides is 2. The molecule has 2 fully saturated rings. The molecule has 2 aromatic heterocycles. The summed E-state index contributed by atoms with van der Waals surface area (Å²) in [6.07, 6.45) is 6.31. The van der Waals surface area contributed by atoms with Crippen LogP contribution in [0, 0.1) is 0 Å². The largest absolute Gasteiger partial charge is 0.364 e. The SMILES string of the molecule is Cn1cc(Nc2nc(N3CCC(F)(F)[C@H](NC(=O)c4ccc(C5CC5)cc4)C3)cnc2C(N)=O)cn1. The fourth-order valence-electron chi connectivity index (χ4n) is 4.25. The van der Waals surface area contributed by atoms with Gasteiger partial charge in [-0.3, -0.25) is 14.3 Å². The van der Waals surface area contributed by atoms with Crippen LogP contribution in [-0.2, 0) is 7.05 Å². The number of aryl methyl sites for hydroxylation is 1. The van der Waals surface area contributed by atoms with Crippen LogP contribution in [0.2, 0.25) is 0 Å². The molecular weight excluding hydrogens is 470 g/mol. The molecule has 4 N–H and O–H groups in total. The van der Waals surface area contributed by atoms with E-state index >= 15 is 0 Å². The van der Waals surface area contributed by atoms with E-state index in [1.807, 2.05) is 12.1 Å². The van der Waals surface area contributed by atoms with Gasteiger partial charge in [-0.15, -0.1) is 0 Å². The minimum atomic E-state index is -3.10. The Morgan fingerprint density at radius 3 is 2.56 bits per heavy atom. The van der Waals surface area contributed by atoms with Gasteiger partial charge in [-0.2, -0.15) is 5.10 Å². The Kier molecular flexibility index (Phi) is 6.02. The topological polar surface area (TPSA) is 131 Å². The zero-order valence-electron chi connectivity index (χ0n) is 19.6. The number of piperidine rings is 1. The summed E-state index contributed by atoms with van der Waals surface area (Å²) in [4.78, 5) is 34.8. The summed E-state index contributed by atoms with van der Waals surface area (Å²) in [7, 11) is 1.73. The first-order valence-electron chi connectivity index (χ1n) is 11.7. The summed E-state index contributed by atoms with van der Waals surface area (Å²) in [6.45, 7) is -0.192. The third-order valence-electron chi connectivity index (χ3n) is 6.44. The Hall–Kier alpha value is -4.09. The zero-order chi connectivity index (χ0) is 25.4. The first kappa shape index (κ1) is 23.6.